The summed E-state index contributed by atoms with van der Waals surface area (Å²) in [5.41, 5.74) is 15.0. The standard InChI is InChI=1S/C20H21ClN6O2/c1-11-14(8-24-12(2)17(11)29-3)10-27-9-13(6-4-5-7-15(22)28)16-18(21)25-20(23)26-19(16)27/h8-9H,5,7,10H2,1-3H3,(H2,22,28)(H2,23,25,26). The number of nitrogens with two attached hydrogens (primary N) is 2. The van der Waals surface area contributed by atoms with Gasteiger partial charge in [-0.2, -0.15) is 4.98 Å². The van der Waals surface area contributed by atoms with Crippen molar-refractivity contribution in [2.45, 2.75) is 33.2 Å². The van der Waals surface area contributed by atoms with Crippen LogP contribution in [0.3, 0.4) is 0 Å². The molecule has 1 amide bonds. The molecule has 4 N–H and O–H groups in total. The number of aryl methyl sites for hydroxylation is 1. The van der Waals surface area contributed by atoms with E-state index in [2.05, 4.69) is 26.8 Å². The Morgan fingerprint density at radius 3 is 2.79 bits per heavy atom. The van der Waals surface area contributed by atoms with Gasteiger partial charge in [0.1, 0.15) is 16.5 Å². The Balaban J connectivity index is 2.08. The minimum Gasteiger partial charge on any atom is -0.495 e. The number of aromatic nitrogens is 4. The Kier molecular flexibility index (Phi) is 5.89. The van der Waals surface area contributed by atoms with Crippen LogP contribution in [-0.2, 0) is 11.3 Å². The molecule has 0 fully saturated rings. The molecule has 29 heavy (non-hydrogen) atoms. The van der Waals surface area contributed by atoms with Crippen LogP contribution in [0.15, 0.2) is 12.4 Å². The van der Waals surface area contributed by atoms with Crippen LogP contribution in [0.2, 0.25) is 5.15 Å². The third kappa shape index (κ3) is 4.25. The van der Waals surface area contributed by atoms with Crippen molar-refractivity contribution < 1.29 is 9.53 Å². The summed E-state index contributed by atoms with van der Waals surface area (Å²) in [6, 6.07) is 0. The largest absolute Gasteiger partial charge is 0.495 e. The molecule has 3 aromatic heterocycles. The van der Waals surface area contributed by atoms with E-state index in [9.17, 15) is 4.79 Å². The lowest BCUT2D eigenvalue weighted by molar-refractivity contribution is -0.117. The molecule has 0 aliphatic rings. The molecule has 8 nitrogen and oxygen atoms in total. The van der Waals surface area contributed by atoms with Crippen LogP contribution in [0.5, 0.6) is 5.75 Å². The van der Waals surface area contributed by atoms with E-state index < -0.39 is 5.91 Å². The highest BCUT2D eigenvalue weighted by Crippen LogP contribution is 2.29. The summed E-state index contributed by atoms with van der Waals surface area (Å²) in [6.07, 6.45) is 4.20. The lowest BCUT2D eigenvalue weighted by atomic mass is 10.1. The Bertz CT molecular complexity index is 1160. The first-order valence-corrected chi connectivity index (χ1v) is 9.27. The number of methoxy groups -OCH3 is 1. The second-order valence-corrected chi connectivity index (χ2v) is 6.90. The number of nitrogens with zero attached hydrogens (tertiary/aromatic N) is 4. The SMILES string of the molecule is COc1c(C)ncc(Cn2cc(C#CCCC(N)=O)c3c(Cl)nc(N)nc32)c1C. The average Bonchev–Trinajstić information content (AvgIpc) is 2.99. The molecular weight excluding hydrogens is 392 g/mol. The number of carbonyl (C=O) groups is 1. The Labute approximate surface area is 173 Å². The van der Waals surface area contributed by atoms with Gasteiger partial charge < -0.3 is 20.8 Å². The number of anilines is 1. The lowest BCUT2D eigenvalue weighted by Gasteiger charge is -2.13. The van der Waals surface area contributed by atoms with E-state index in [4.69, 9.17) is 27.8 Å². The maximum atomic E-state index is 10.9. The van der Waals surface area contributed by atoms with Crippen molar-refractivity contribution in [2.24, 2.45) is 5.73 Å². The van der Waals surface area contributed by atoms with E-state index in [-0.39, 0.29) is 17.5 Å². The third-order valence-electron chi connectivity index (χ3n) is 4.52. The van der Waals surface area contributed by atoms with Crippen molar-refractivity contribution in [1.82, 2.24) is 19.5 Å². The van der Waals surface area contributed by atoms with E-state index >= 15 is 0 Å². The van der Waals surface area contributed by atoms with E-state index in [1.807, 2.05) is 30.8 Å². The summed E-state index contributed by atoms with van der Waals surface area (Å²) in [4.78, 5) is 23.7. The summed E-state index contributed by atoms with van der Waals surface area (Å²) < 4.78 is 7.37. The molecule has 0 radical (unpaired) electrons. The van der Waals surface area contributed by atoms with Gasteiger partial charge in [0.05, 0.1) is 30.3 Å². The fraction of sp³-hybridized carbons (Fsp3) is 0.300. The molecule has 150 valence electrons. The van der Waals surface area contributed by atoms with Crippen LogP contribution in [0.25, 0.3) is 11.0 Å². The predicted molar refractivity (Wildman–Crippen MR) is 112 cm³/mol. The molecule has 0 spiro atoms. The van der Waals surface area contributed by atoms with Gasteiger partial charge in [-0.05, 0) is 25.0 Å². The molecule has 0 aliphatic carbocycles. The van der Waals surface area contributed by atoms with Crippen LogP contribution in [-0.4, -0.2) is 32.5 Å². The van der Waals surface area contributed by atoms with E-state index in [1.54, 1.807) is 7.11 Å². The molecule has 0 aromatic carbocycles. The molecule has 0 saturated carbocycles. The second-order valence-electron chi connectivity index (χ2n) is 6.54. The van der Waals surface area contributed by atoms with Crippen LogP contribution < -0.4 is 16.2 Å². The van der Waals surface area contributed by atoms with Crippen LogP contribution in [0.4, 0.5) is 5.95 Å². The number of carbonyl (C=O) groups excluding carboxylic acids is 1. The van der Waals surface area contributed by atoms with Gasteiger partial charge in [-0.1, -0.05) is 23.4 Å². The van der Waals surface area contributed by atoms with Gasteiger partial charge in [-0.15, -0.1) is 0 Å². The fourth-order valence-electron chi connectivity index (χ4n) is 3.11. The normalized spacial score (nSPS) is 10.6. The van der Waals surface area contributed by atoms with Crippen molar-refractivity contribution in [3.8, 4) is 17.6 Å². The summed E-state index contributed by atoms with van der Waals surface area (Å²) in [5.74, 6) is 6.40. The highest BCUT2D eigenvalue weighted by atomic mass is 35.5. The molecule has 0 aliphatic heterocycles. The quantitative estimate of drug-likeness (QED) is 0.490. The van der Waals surface area contributed by atoms with E-state index in [1.165, 1.54) is 0 Å². The van der Waals surface area contributed by atoms with E-state index in [0.717, 1.165) is 22.6 Å². The van der Waals surface area contributed by atoms with Gasteiger partial charge in [0.15, 0.2) is 0 Å². The van der Waals surface area contributed by atoms with Crippen molar-refractivity contribution in [3.05, 3.63) is 39.9 Å². The average molecular weight is 413 g/mol. The first kappa shape index (κ1) is 20.4. The maximum absolute atomic E-state index is 10.9. The van der Waals surface area contributed by atoms with Gasteiger partial charge in [-0.3, -0.25) is 9.78 Å². The Morgan fingerprint density at radius 2 is 2.10 bits per heavy atom. The van der Waals surface area contributed by atoms with Gasteiger partial charge in [-0.25, -0.2) is 4.98 Å². The second kappa shape index (κ2) is 8.37. The molecule has 3 heterocycles. The third-order valence-corrected chi connectivity index (χ3v) is 4.79. The van der Waals surface area contributed by atoms with Crippen LogP contribution in [0.1, 0.15) is 35.2 Å². The molecule has 3 aromatic rings. The first-order valence-electron chi connectivity index (χ1n) is 8.90. The van der Waals surface area contributed by atoms with Gasteiger partial charge >= 0.3 is 0 Å². The van der Waals surface area contributed by atoms with Crippen LogP contribution >= 0.6 is 11.6 Å². The zero-order chi connectivity index (χ0) is 21.1. The summed E-state index contributed by atoms with van der Waals surface area (Å²) in [7, 11) is 1.62. The first-order chi connectivity index (χ1) is 13.8. The van der Waals surface area contributed by atoms with Gasteiger partial charge in [0.25, 0.3) is 0 Å². The molecule has 0 bridgehead atoms. The molecule has 3 rings (SSSR count). The van der Waals surface area contributed by atoms with Gasteiger partial charge in [0.2, 0.25) is 11.9 Å². The molecular formula is C20H21ClN6O2. The highest BCUT2D eigenvalue weighted by molar-refractivity contribution is 6.34. The monoisotopic (exact) mass is 412 g/mol. The Morgan fingerprint density at radius 1 is 1.34 bits per heavy atom. The molecule has 0 saturated heterocycles. The number of hydrogen-bond acceptors (Lipinski definition) is 6. The number of primary amides is 1. The topological polar surface area (TPSA) is 122 Å². The maximum Gasteiger partial charge on any atom is 0.223 e. The van der Waals surface area contributed by atoms with E-state index in [0.29, 0.717) is 29.6 Å². The molecule has 0 unspecified atom stereocenters. The number of nitrogen functional groups attached to an aromatic ring is 1. The number of rotatable bonds is 5. The van der Waals surface area contributed by atoms with Crippen molar-refractivity contribution in [1.29, 1.82) is 0 Å². The van der Waals surface area contributed by atoms with Crippen LogP contribution in [0, 0.1) is 25.7 Å². The smallest absolute Gasteiger partial charge is 0.223 e. The van der Waals surface area contributed by atoms with Gasteiger partial charge in [0, 0.05) is 25.2 Å². The molecule has 9 heteroatoms. The number of pyridine rings is 1. The summed E-state index contributed by atoms with van der Waals surface area (Å²) >= 11 is 6.33. The molecule has 0 atom stereocenters. The number of ether oxygens (including phenoxy) is 1. The fourth-order valence-corrected chi connectivity index (χ4v) is 3.38. The minimum absolute atomic E-state index is 0.0754. The predicted octanol–water partition coefficient (Wildman–Crippen LogP) is 2.35. The minimum atomic E-state index is -0.396. The summed E-state index contributed by atoms with van der Waals surface area (Å²) in [5, 5.41) is 0.832. The van der Waals surface area contributed by atoms with Crippen molar-refractivity contribution >= 4 is 34.5 Å². The number of hydrogen-bond donors (Lipinski definition) is 2. The highest BCUT2D eigenvalue weighted by Gasteiger charge is 2.17. The number of halogens is 1. The number of amides is 1. The Hall–Kier alpha value is -3.31. The zero-order valence-electron chi connectivity index (χ0n) is 16.4. The number of fused-ring (bicyclic) bond motifs is 1. The zero-order valence-corrected chi connectivity index (χ0v) is 17.2. The van der Waals surface area contributed by atoms with Crippen molar-refractivity contribution in [2.75, 3.05) is 12.8 Å². The lowest BCUT2D eigenvalue weighted by Crippen LogP contribution is -2.08. The van der Waals surface area contributed by atoms with Crippen molar-refractivity contribution in [3.63, 3.8) is 0 Å². The summed E-state index contributed by atoms with van der Waals surface area (Å²) in [6.45, 7) is 4.35.